The second-order valence-electron chi connectivity index (χ2n) is 18.3. The minimum atomic E-state index is -0.630. The summed E-state index contributed by atoms with van der Waals surface area (Å²) in [6.07, 6.45) is 0. The second kappa shape index (κ2) is 16.0. The van der Waals surface area contributed by atoms with Gasteiger partial charge >= 0.3 is 0 Å². The quantitative estimate of drug-likeness (QED) is 0.159. The van der Waals surface area contributed by atoms with Gasteiger partial charge in [0.25, 0.3) is 0 Å². The molecule has 3 heteroatoms. The zero-order valence-corrected chi connectivity index (χ0v) is 38.2. The van der Waals surface area contributed by atoms with E-state index in [9.17, 15) is 0 Å². The smallest absolute Gasteiger partial charge is 0.143 e. The number of furan rings is 1. The molecule has 70 heavy (non-hydrogen) atoms. The predicted octanol–water partition coefficient (Wildman–Crippen LogP) is 18.2. The third-order valence-corrected chi connectivity index (χ3v) is 14.7. The maximum Gasteiger partial charge on any atom is 0.143 e. The van der Waals surface area contributed by atoms with Crippen LogP contribution in [0.5, 0.6) is 0 Å². The van der Waals surface area contributed by atoms with Crippen LogP contribution in [0.1, 0.15) is 22.3 Å². The molecule has 12 aromatic rings. The molecule has 1 spiro atoms. The van der Waals surface area contributed by atoms with Gasteiger partial charge in [-0.1, -0.05) is 212 Å². The number of nitrogens with zero attached hydrogens (tertiary/aromatic N) is 2. The van der Waals surface area contributed by atoms with Gasteiger partial charge in [0.2, 0.25) is 0 Å². The van der Waals surface area contributed by atoms with Crippen molar-refractivity contribution >= 4 is 56.1 Å². The van der Waals surface area contributed by atoms with Crippen LogP contribution in [-0.2, 0) is 5.41 Å². The van der Waals surface area contributed by atoms with Crippen molar-refractivity contribution in [3.63, 3.8) is 0 Å². The van der Waals surface area contributed by atoms with Gasteiger partial charge in [0.05, 0.1) is 33.9 Å². The van der Waals surface area contributed by atoms with Gasteiger partial charge in [-0.3, -0.25) is 0 Å². The standard InChI is InChI=1S/C67H44N2O/c1-3-22-45(23-4-1)46-24-19-25-47(44-46)49-28-8-14-38-59(49)69(60-39-15-9-29-50(60)52-32-20-33-53-51-30-10-18-43-64(51)70-66(52)53)63-42-21-37-58-65(63)54-31-7-11-34-55(54)67(58)56-35-12-16-40-61(56)68(48-26-5-2-6-27-48)62-41-17-13-36-57(62)67/h1-44H. The second-order valence-corrected chi connectivity index (χ2v) is 18.3. The molecular weight excluding hydrogens is 849 g/mol. The van der Waals surface area contributed by atoms with Crippen molar-refractivity contribution in [3.8, 4) is 44.5 Å². The molecule has 1 aliphatic heterocycles. The summed E-state index contributed by atoms with van der Waals surface area (Å²) in [7, 11) is 0. The number of rotatable bonds is 7. The number of fused-ring (bicyclic) bond motifs is 12. The van der Waals surface area contributed by atoms with Gasteiger partial charge in [-0.2, -0.15) is 0 Å². The normalized spacial score (nSPS) is 12.9. The van der Waals surface area contributed by atoms with Gasteiger partial charge in [0, 0.05) is 38.7 Å². The van der Waals surface area contributed by atoms with Gasteiger partial charge in [-0.05, 0) is 99.1 Å². The van der Waals surface area contributed by atoms with E-state index < -0.39 is 5.41 Å². The molecule has 0 saturated carbocycles. The Morgan fingerprint density at radius 1 is 0.329 bits per heavy atom. The molecule has 1 aromatic heterocycles. The molecule has 328 valence electrons. The maximum absolute atomic E-state index is 6.81. The van der Waals surface area contributed by atoms with Gasteiger partial charge in [0.1, 0.15) is 11.2 Å². The van der Waals surface area contributed by atoms with Crippen LogP contribution in [0, 0.1) is 0 Å². The zero-order valence-electron chi connectivity index (χ0n) is 38.2. The highest BCUT2D eigenvalue weighted by Crippen LogP contribution is 2.65. The van der Waals surface area contributed by atoms with E-state index in [0.29, 0.717) is 0 Å². The molecule has 0 unspecified atom stereocenters. The number of para-hydroxylation sites is 7. The van der Waals surface area contributed by atoms with Crippen molar-refractivity contribution in [1.29, 1.82) is 0 Å². The number of benzene rings is 11. The Morgan fingerprint density at radius 3 is 1.60 bits per heavy atom. The first-order chi connectivity index (χ1) is 34.8. The first kappa shape index (κ1) is 39.9. The van der Waals surface area contributed by atoms with Crippen LogP contribution in [0.15, 0.2) is 271 Å². The van der Waals surface area contributed by atoms with Crippen molar-refractivity contribution in [3.05, 3.63) is 289 Å². The molecule has 3 nitrogen and oxygen atoms in total. The molecule has 0 atom stereocenters. The number of hydrogen-bond donors (Lipinski definition) is 0. The molecule has 2 heterocycles. The molecule has 0 radical (unpaired) electrons. The van der Waals surface area contributed by atoms with Crippen LogP contribution < -0.4 is 9.80 Å². The fourth-order valence-corrected chi connectivity index (χ4v) is 11.8. The van der Waals surface area contributed by atoms with Crippen molar-refractivity contribution in [2.75, 3.05) is 9.80 Å². The van der Waals surface area contributed by atoms with Crippen LogP contribution >= 0.6 is 0 Å². The molecule has 1 aliphatic carbocycles. The van der Waals surface area contributed by atoms with Crippen molar-refractivity contribution in [1.82, 2.24) is 0 Å². The first-order valence-electron chi connectivity index (χ1n) is 24.1. The lowest BCUT2D eigenvalue weighted by molar-refractivity contribution is 0.670. The minimum Gasteiger partial charge on any atom is -0.455 e. The van der Waals surface area contributed by atoms with Gasteiger partial charge < -0.3 is 14.2 Å². The molecule has 0 saturated heterocycles. The number of hydrogen-bond acceptors (Lipinski definition) is 3. The van der Waals surface area contributed by atoms with E-state index in [4.69, 9.17) is 4.42 Å². The van der Waals surface area contributed by atoms with Crippen LogP contribution in [0.2, 0.25) is 0 Å². The molecule has 0 amide bonds. The van der Waals surface area contributed by atoms with Gasteiger partial charge in [0.15, 0.2) is 0 Å². The van der Waals surface area contributed by atoms with Gasteiger partial charge in [-0.15, -0.1) is 0 Å². The predicted molar refractivity (Wildman–Crippen MR) is 290 cm³/mol. The van der Waals surface area contributed by atoms with E-state index in [0.717, 1.165) is 66.9 Å². The molecule has 11 aromatic carbocycles. The Morgan fingerprint density at radius 2 is 0.829 bits per heavy atom. The van der Waals surface area contributed by atoms with Crippen LogP contribution in [0.3, 0.4) is 0 Å². The first-order valence-corrected chi connectivity index (χ1v) is 24.1. The fourth-order valence-electron chi connectivity index (χ4n) is 11.8. The van der Waals surface area contributed by atoms with E-state index in [-0.39, 0.29) is 0 Å². The average molecular weight is 893 g/mol. The Balaban J connectivity index is 1.07. The Labute approximate surface area is 407 Å². The lowest BCUT2D eigenvalue weighted by Gasteiger charge is -2.45. The van der Waals surface area contributed by atoms with Crippen molar-refractivity contribution in [2.45, 2.75) is 5.41 Å². The van der Waals surface area contributed by atoms with Crippen molar-refractivity contribution in [2.24, 2.45) is 0 Å². The average Bonchev–Trinajstić information content (AvgIpc) is 3.97. The van der Waals surface area contributed by atoms with E-state index in [1.807, 2.05) is 6.07 Å². The highest BCUT2D eigenvalue weighted by molar-refractivity contribution is 6.12. The molecule has 0 bridgehead atoms. The summed E-state index contributed by atoms with van der Waals surface area (Å²) in [4.78, 5) is 4.98. The Hall–Kier alpha value is -9.18. The van der Waals surface area contributed by atoms with E-state index >= 15 is 0 Å². The highest BCUT2D eigenvalue weighted by Gasteiger charge is 2.52. The van der Waals surface area contributed by atoms with E-state index in [1.54, 1.807) is 0 Å². The Kier molecular flexibility index (Phi) is 9.11. The van der Waals surface area contributed by atoms with Crippen molar-refractivity contribution < 1.29 is 4.42 Å². The summed E-state index contributed by atoms with van der Waals surface area (Å²) in [5.41, 5.74) is 22.0. The summed E-state index contributed by atoms with van der Waals surface area (Å²) in [5.74, 6) is 0. The largest absolute Gasteiger partial charge is 0.455 e. The summed E-state index contributed by atoms with van der Waals surface area (Å²) in [6.45, 7) is 0. The van der Waals surface area contributed by atoms with Gasteiger partial charge in [-0.25, -0.2) is 0 Å². The topological polar surface area (TPSA) is 19.6 Å². The third kappa shape index (κ3) is 5.88. The summed E-state index contributed by atoms with van der Waals surface area (Å²) >= 11 is 0. The maximum atomic E-state index is 6.81. The zero-order chi connectivity index (χ0) is 46.2. The number of anilines is 6. The lowest BCUT2D eigenvalue weighted by Crippen LogP contribution is -2.36. The van der Waals surface area contributed by atoms with E-state index in [2.05, 4.69) is 271 Å². The molecule has 2 aliphatic rings. The van der Waals surface area contributed by atoms with Crippen LogP contribution in [0.25, 0.3) is 66.4 Å². The molecule has 0 N–H and O–H groups in total. The SMILES string of the molecule is c1ccc(-c2cccc(-c3ccccc3N(c3ccccc3-c3cccc4c3oc3ccccc34)c3cccc4c3-c3ccccc3C43c4ccccc4N(c4ccccc4)c4ccccc43)c2)cc1. The molecule has 0 fully saturated rings. The van der Waals surface area contributed by atoms with Crippen LogP contribution in [-0.4, -0.2) is 0 Å². The minimum absolute atomic E-state index is 0.630. The van der Waals surface area contributed by atoms with Crippen LogP contribution in [0.4, 0.5) is 34.1 Å². The lowest BCUT2D eigenvalue weighted by atomic mass is 9.64. The fraction of sp³-hybridized carbons (Fsp3) is 0.0149. The highest BCUT2D eigenvalue weighted by atomic mass is 16.3. The van der Waals surface area contributed by atoms with E-state index in [1.165, 1.54) is 55.9 Å². The third-order valence-electron chi connectivity index (χ3n) is 14.7. The summed E-state index contributed by atoms with van der Waals surface area (Å²) in [5, 5.41) is 2.21. The molecular formula is C67H44N2O. The monoisotopic (exact) mass is 892 g/mol. The molecule has 14 rings (SSSR count). The Bertz CT molecular complexity index is 3930. The summed E-state index contributed by atoms with van der Waals surface area (Å²) in [6, 6.07) is 97.4. The summed E-state index contributed by atoms with van der Waals surface area (Å²) < 4.78 is 6.81.